The first-order chi connectivity index (χ1) is 38.7. The van der Waals surface area contributed by atoms with Gasteiger partial charge in [-0.25, -0.2) is 4.79 Å². The highest BCUT2D eigenvalue weighted by Crippen LogP contribution is 2.38. The van der Waals surface area contributed by atoms with Crippen LogP contribution in [-0.2, 0) is 66.2 Å². The Kier molecular flexibility index (Phi) is 43.7. The van der Waals surface area contributed by atoms with Gasteiger partial charge >= 0.3 is 30.1 Å². The van der Waals surface area contributed by atoms with Gasteiger partial charge in [0.15, 0.2) is 6.10 Å². The topological polar surface area (TPSA) is 401 Å². The van der Waals surface area contributed by atoms with E-state index in [-0.39, 0.29) is 25.9 Å². The molecule has 0 aliphatic carbocycles. The number of nitrogens with one attached hydrogen (secondary N) is 5. The van der Waals surface area contributed by atoms with Crippen LogP contribution in [0.2, 0.25) is 0 Å². The molecule has 0 fully saturated rings. The molecule has 484 valence electrons. The van der Waals surface area contributed by atoms with Crippen LogP contribution in [-0.4, -0.2) is 213 Å². The van der Waals surface area contributed by atoms with E-state index < -0.39 is 137 Å². The first-order valence-corrected chi connectivity index (χ1v) is 29.7. The minimum atomic E-state index is -5.08. The van der Waals surface area contributed by atoms with E-state index in [0.29, 0.717) is 56.2 Å². The van der Waals surface area contributed by atoms with Crippen LogP contribution < -0.4 is 37.2 Å². The van der Waals surface area contributed by atoms with Crippen molar-refractivity contribution in [3.05, 3.63) is 0 Å². The molecular formula is C52H96F3N8O19P. The van der Waals surface area contributed by atoms with Crippen LogP contribution in [0.3, 0.4) is 0 Å². The molecule has 31 heteroatoms. The van der Waals surface area contributed by atoms with Crippen molar-refractivity contribution in [2.75, 3.05) is 87.3 Å². The lowest BCUT2D eigenvalue weighted by Crippen LogP contribution is -2.58. The molecule has 0 aromatic carbocycles. The van der Waals surface area contributed by atoms with Crippen molar-refractivity contribution in [1.29, 1.82) is 0 Å². The molecule has 5 amide bonds. The summed E-state index contributed by atoms with van der Waals surface area (Å²) in [6, 6.07) is -4.20. The van der Waals surface area contributed by atoms with Gasteiger partial charge in [0.05, 0.1) is 53.0 Å². The summed E-state index contributed by atoms with van der Waals surface area (Å²) in [6.07, 6.45) is 8.03. The van der Waals surface area contributed by atoms with E-state index >= 15 is 0 Å². The molecule has 0 aliphatic heterocycles. The summed E-state index contributed by atoms with van der Waals surface area (Å²) in [6.45, 7) is 3.04. The number of nitrogens with zero attached hydrogens (tertiary/aromatic N) is 2. The van der Waals surface area contributed by atoms with E-state index in [1.165, 1.54) is 71.6 Å². The zero-order valence-electron chi connectivity index (χ0n) is 49.4. The monoisotopic (exact) mass is 1220 g/mol. The average molecular weight is 1230 g/mol. The number of carbonyl (C=O) groups excluding carboxylic acids is 7. The Balaban J connectivity index is 0. The lowest BCUT2D eigenvalue weighted by atomic mass is 10.0. The van der Waals surface area contributed by atoms with Crippen molar-refractivity contribution in [1.82, 2.24) is 31.5 Å². The largest absolute Gasteiger partial charge is 0.756 e. The molecule has 83 heavy (non-hydrogen) atoms. The predicted molar refractivity (Wildman–Crippen MR) is 294 cm³/mol. The SMILES string of the molecule is CCCCCCCCCCCCCCCC(=O)OC[C@H](COP(=O)([O-])OCC[N+](C)(C)C)OC(=O)CCCCN(C)CCCC[C@H](NC(=O)[C@@H](NC(=O)CNC(=O)[C@@H](N)[C@@H](C)O)[C@@H](C)O)C(=O)NCC(=O)NCC(=O)O.O=C(O)C(F)(F)F. The highest BCUT2D eigenvalue weighted by molar-refractivity contribution is 7.45. The van der Waals surface area contributed by atoms with E-state index in [1.54, 1.807) is 0 Å². The Morgan fingerprint density at radius 3 is 1.65 bits per heavy atom. The Bertz CT molecular complexity index is 1970. The normalized spacial score (nSPS) is 14.4. The molecule has 1 unspecified atom stereocenters. The fourth-order valence-corrected chi connectivity index (χ4v) is 7.96. The van der Waals surface area contributed by atoms with Crippen LogP contribution in [0.15, 0.2) is 0 Å². The number of carboxylic acid groups (broad SMARTS) is 2. The summed E-state index contributed by atoms with van der Waals surface area (Å²) in [4.78, 5) is 123. The maximum absolute atomic E-state index is 13.3. The summed E-state index contributed by atoms with van der Waals surface area (Å²) < 4.78 is 65.6. The number of likely N-dealkylation sites (N-methyl/N-ethyl adjacent to an activating group) is 1. The molecule has 0 saturated carbocycles. The summed E-state index contributed by atoms with van der Waals surface area (Å²) in [7, 11) is 2.66. The number of hydrogen-bond donors (Lipinski definition) is 10. The lowest BCUT2D eigenvalue weighted by molar-refractivity contribution is -0.870. The third kappa shape index (κ3) is 46.9. The number of esters is 2. The minimum absolute atomic E-state index is 0.0310. The number of aliphatic carboxylic acids is 2. The van der Waals surface area contributed by atoms with Crippen LogP contribution in [0, 0.1) is 0 Å². The number of amides is 5. The van der Waals surface area contributed by atoms with Gasteiger partial charge in [0, 0.05) is 12.8 Å². The number of aliphatic hydroxyl groups excluding tert-OH is 2. The van der Waals surface area contributed by atoms with Crippen LogP contribution in [0.25, 0.3) is 0 Å². The third-order valence-electron chi connectivity index (χ3n) is 12.2. The number of alkyl halides is 3. The molecule has 0 aliphatic rings. The summed E-state index contributed by atoms with van der Waals surface area (Å²) in [5.41, 5.74) is 5.56. The summed E-state index contributed by atoms with van der Waals surface area (Å²) in [5.74, 6) is -9.52. The van der Waals surface area contributed by atoms with Crippen molar-refractivity contribution in [2.45, 2.75) is 192 Å². The number of carbonyl (C=O) groups is 9. The Morgan fingerprint density at radius 2 is 1.14 bits per heavy atom. The second kappa shape index (κ2) is 45.3. The van der Waals surface area contributed by atoms with Gasteiger partial charge in [-0.3, -0.25) is 42.9 Å². The molecule has 7 atom stereocenters. The number of quaternary nitrogens is 1. The zero-order valence-corrected chi connectivity index (χ0v) is 50.3. The summed E-state index contributed by atoms with van der Waals surface area (Å²) in [5, 5.41) is 47.2. The first-order valence-electron chi connectivity index (χ1n) is 28.2. The van der Waals surface area contributed by atoms with E-state index in [9.17, 15) is 71.2 Å². The zero-order chi connectivity index (χ0) is 63.6. The molecular weight excluding hydrogens is 1130 g/mol. The number of phosphoric acid groups is 1. The molecule has 0 radical (unpaired) electrons. The minimum Gasteiger partial charge on any atom is -0.756 e. The first kappa shape index (κ1) is 80.0. The molecule has 27 nitrogen and oxygen atoms in total. The predicted octanol–water partition coefficient (Wildman–Crippen LogP) is 1.53. The second-order valence-electron chi connectivity index (χ2n) is 21.2. The molecule has 0 bridgehead atoms. The number of hydrogen-bond acceptors (Lipinski definition) is 19. The van der Waals surface area contributed by atoms with Gasteiger partial charge in [-0.1, -0.05) is 84.0 Å². The van der Waals surface area contributed by atoms with Crippen LogP contribution >= 0.6 is 7.82 Å². The maximum Gasteiger partial charge on any atom is 0.490 e. The van der Waals surface area contributed by atoms with E-state index in [2.05, 4.69) is 33.5 Å². The summed E-state index contributed by atoms with van der Waals surface area (Å²) >= 11 is 0. The average Bonchev–Trinajstić information content (AvgIpc) is 3.38. The van der Waals surface area contributed by atoms with Gasteiger partial charge < -0.3 is 85.5 Å². The van der Waals surface area contributed by atoms with Crippen LogP contribution in [0.1, 0.15) is 149 Å². The molecule has 0 saturated heterocycles. The molecule has 0 rings (SSSR count). The molecule has 11 N–H and O–H groups in total. The molecule has 0 heterocycles. The van der Waals surface area contributed by atoms with Gasteiger partial charge in [0.25, 0.3) is 7.82 Å². The van der Waals surface area contributed by atoms with Crippen molar-refractivity contribution in [3.63, 3.8) is 0 Å². The lowest BCUT2D eigenvalue weighted by Gasteiger charge is -2.28. The van der Waals surface area contributed by atoms with Crippen molar-refractivity contribution >= 4 is 61.2 Å². The smallest absolute Gasteiger partial charge is 0.490 e. The molecule has 0 aromatic rings. The highest BCUT2D eigenvalue weighted by atomic mass is 31.2. The van der Waals surface area contributed by atoms with Gasteiger partial charge in [-0.05, 0) is 72.5 Å². The number of rotatable bonds is 47. The van der Waals surface area contributed by atoms with Gasteiger partial charge in [-0.2, -0.15) is 13.2 Å². The van der Waals surface area contributed by atoms with Crippen LogP contribution in [0.5, 0.6) is 0 Å². The quantitative estimate of drug-likeness (QED) is 0.0179. The number of ether oxygens (including phenoxy) is 2. The Hall–Kier alpha value is -5.07. The van der Waals surface area contributed by atoms with Crippen molar-refractivity contribution < 1.29 is 109 Å². The highest BCUT2D eigenvalue weighted by Gasteiger charge is 2.38. The van der Waals surface area contributed by atoms with E-state index in [4.69, 9.17) is 39.3 Å². The fourth-order valence-electron chi connectivity index (χ4n) is 7.23. The van der Waals surface area contributed by atoms with Crippen LogP contribution in [0.4, 0.5) is 13.2 Å². The standard InChI is InChI=1S/C50H95N8O17P.C2HF3O2/c1-8-9-10-11-12-13-14-15-16-17-18-19-20-26-44(65)72-35-39(36-74-76(70,71)73-31-30-58(5,6)7)75-45(66)27-22-24-29-57(4)28-23-21-25-40(48(67)53-32-41(61)52-34-43(63)64)55-50(69)47(38(3)60)56-42(62)33-54-49(68)46(51)37(2)59;3-2(4,5)1(6)7/h37-40,46-47,59-60H,8-36,51H2,1-7H3,(H6-,52,53,54,55,56,61,62,63,64,67,68,69,70,71);(H,6,7)/t37-,38-,39-,40+,46+,47+;/m1./s1. The Morgan fingerprint density at radius 1 is 0.651 bits per heavy atom. The van der Waals surface area contributed by atoms with Gasteiger partial charge in [-0.15, -0.1) is 0 Å². The number of carboxylic acids is 2. The van der Waals surface area contributed by atoms with E-state index in [0.717, 1.165) is 19.3 Å². The molecule has 0 spiro atoms. The number of aliphatic hydroxyl groups is 2. The fraction of sp³-hybridized carbons (Fsp3) is 0.827. The number of phosphoric ester groups is 1. The van der Waals surface area contributed by atoms with Crippen molar-refractivity contribution in [3.8, 4) is 0 Å². The molecule has 0 aromatic heterocycles. The van der Waals surface area contributed by atoms with Gasteiger partial charge in [0.1, 0.15) is 44.4 Å². The maximum atomic E-state index is 13.3. The third-order valence-corrected chi connectivity index (χ3v) is 13.1. The van der Waals surface area contributed by atoms with Gasteiger partial charge in [0.2, 0.25) is 29.5 Å². The number of halogens is 3. The van der Waals surface area contributed by atoms with Crippen molar-refractivity contribution in [2.24, 2.45) is 5.73 Å². The number of nitrogens with two attached hydrogens (primary N) is 1. The second-order valence-corrected chi connectivity index (χ2v) is 22.6. The Labute approximate surface area is 485 Å². The number of unbranched alkanes of at least 4 members (excludes halogenated alkanes) is 14. The van der Waals surface area contributed by atoms with E-state index in [1.807, 2.05) is 33.1 Å².